The fraction of sp³-hybridized carbons (Fsp3) is 0.125. The lowest BCUT2D eigenvalue weighted by atomic mass is 10.2. The minimum Gasteiger partial charge on any atom is -0.121 e. The van der Waals surface area contributed by atoms with Crippen molar-refractivity contribution in [2.24, 2.45) is 0 Å². The summed E-state index contributed by atoms with van der Waals surface area (Å²) in [4.78, 5) is 1.41. The summed E-state index contributed by atoms with van der Waals surface area (Å²) in [5.41, 5.74) is 2.49. The molecule has 1 aliphatic heterocycles. The molecule has 0 amide bonds. The Morgan fingerprint density at radius 3 is 2.39 bits per heavy atom. The predicted octanol–water partition coefficient (Wildman–Crippen LogP) is 5.45. The number of hydrogen-bond donors (Lipinski definition) is 0. The van der Waals surface area contributed by atoms with Gasteiger partial charge in [0.05, 0.1) is 0 Å². The monoisotopic (exact) mass is 274 g/mol. The summed E-state index contributed by atoms with van der Waals surface area (Å²) in [5.74, 6) is 1.12. The summed E-state index contributed by atoms with van der Waals surface area (Å²) >= 11 is 7.61. The zero-order chi connectivity index (χ0) is 12.8. The number of hydrogen-bond acceptors (Lipinski definition) is 1. The van der Waals surface area contributed by atoms with Crippen LogP contribution in [0.4, 0.5) is 0 Å². The van der Waals surface area contributed by atoms with Gasteiger partial charge in [-0.25, -0.2) is 0 Å². The van der Waals surface area contributed by atoms with Gasteiger partial charge in [-0.3, -0.25) is 0 Å². The summed E-state index contributed by atoms with van der Waals surface area (Å²) in [5, 5.41) is 0.840. The quantitative estimate of drug-likeness (QED) is 0.615. The van der Waals surface area contributed by atoms with E-state index in [1.807, 2.05) is 43.0 Å². The largest absolute Gasteiger partial charge is 0.121 e. The second kappa shape index (κ2) is 6.67. The molecular formula is C16H15ClS. The van der Waals surface area contributed by atoms with E-state index < -0.39 is 0 Å². The van der Waals surface area contributed by atoms with E-state index in [9.17, 15) is 0 Å². The normalized spacial score (nSPS) is 12.3. The van der Waals surface area contributed by atoms with Crippen molar-refractivity contribution in [3.8, 4) is 0 Å². The van der Waals surface area contributed by atoms with E-state index in [1.54, 1.807) is 0 Å². The third-order valence-electron chi connectivity index (χ3n) is 2.63. The van der Waals surface area contributed by atoms with Crippen molar-refractivity contribution in [2.75, 3.05) is 5.75 Å². The average molecular weight is 275 g/mol. The Labute approximate surface area is 118 Å². The minimum atomic E-state index is 0.840. The van der Waals surface area contributed by atoms with Crippen molar-refractivity contribution in [1.29, 1.82) is 0 Å². The molecule has 0 fully saturated rings. The highest BCUT2D eigenvalue weighted by molar-refractivity contribution is 7.99. The Morgan fingerprint density at radius 1 is 1.00 bits per heavy atom. The Bertz CT molecular complexity index is 525. The molecule has 0 radical (unpaired) electrons. The molecule has 0 aliphatic carbocycles. The Kier molecular flexibility index (Phi) is 4.91. The maximum atomic E-state index is 5.71. The van der Waals surface area contributed by atoms with Crippen molar-refractivity contribution in [3.63, 3.8) is 0 Å². The molecule has 1 aliphatic rings. The summed E-state index contributed by atoms with van der Waals surface area (Å²) in [6, 6.07) is 16.3. The average Bonchev–Trinajstić information content (AvgIpc) is 2.43. The lowest BCUT2D eigenvalue weighted by molar-refractivity contribution is 1.40. The van der Waals surface area contributed by atoms with Crippen LogP contribution in [0.5, 0.6) is 0 Å². The second-order valence-electron chi connectivity index (χ2n) is 4.00. The van der Waals surface area contributed by atoms with E-state index in [1.165, 1.54) is 10.5 Å². The van der Waals surface area contributed by atoms with Crippen LogP contribution in [0.25, 0.3) is 6.08 Å². The number of fused-ring (bicyclic) bond motifs is 1. The summed E-state index contributed by atoms with van der Waals surface area (Å²) in [6.45, 7) is 1.99. The number of thioether (sulfide) groups is 1. The molecule has 1 heterocycles. The molecule has 3 rings (SSSR count). The van der Waals surface area contributed by atoms with Crippen molar-refractivity contribution < 1.29 is 0 Å². The van der Waals surface area contributed by atoms with E-state index >= 15 is 0 Å². The van der Waals surface area contributed by atoms with Crippen LogP contribution in [0.3, 0.4) is 0 Å². The molecular weight excluding hydrogens is 260 g/mol. The molecule has 0 atom stereocenters. The van der Waals surface area contributed by atoms with Crippen molar-refractivity contribution in [2.45, 2.75) is 11.8 Å². The van der Waals surface area contributed by atoms with Gasteiger partial charge in [0.1, 0.15) is 0 Å². The molecule has 2 aromatic rings. The molecule has 18 heavy (non-hydrogen) atoms. The molecule has 0 N–H and O–H groups in total. The first-order valence-electron chi connectivity index (χ1n) is 5.87. The third-order valence-corrected chi connectivity index (χ3v) is 4.09. The van der Waals surface area contributed by atoms with Gasteiger partial charge in [-0.05, 0) is 30.2 Å². The van der Waals surface area contributed by atoms with Gasteiger partial charge in [0.15, 0.2) is 0 Å². The van der Waals surface area contributed by atoms with Crippen LogP contribution in [-0.2, 0) is 0 Å². The summed E-state index contributed by atoms with van der Waals surface area (Å²) in [7, 11) is 0. The van der Waals surface area contributed by atoms with Gasteiger partial charge < -0.3 is 0 Å². The highest BCUT2D eigenvalue weighted by Gasteiger charge is 2.00. The molecule has 0 aromatic heterocycles. The molecule has 0 saturated heterocycles. The summed E-state index contributed by atoms with van der Waals surface area (Å²) in [6.07, 6.45) is 4.39. The maximum absolute atomic E-state index is 5.71. The van der Waals surface area contributed by atoms with Gasteiger partial charge in [0.2, 0.25) is 0 Å². The highest BCUT2D eigenvalue weighted by Crippen LogP contribution is 2.27. The first-order valence-corrected chi connectivity index (χ1v) is 7.23. The number of rotatable bonds is 0. The maximum Gasteiger partial charge on any atom is 0.0435 e. The van der Waals surface area contributed by atoms with Crippen LogP contribution in [0.1, 0.15) is 11.1 Å². The fourth-order valence-corrected chi connectivity index (χ4v) is 2.60. The van der Waals surface area contributed by atoms with E-state index in [0.717, 1.165) is 16.3 Å². The van der Waals surface area contributed by atoms with Crippen molar-refractivity contribution in [3.05, 3.63) is 70.8 Å². The Morgan fingerprint density at radius 2 is 1.72 bits per heavy atom. The number of aryl methyl sites for hydroxylation is 1. The third kappa shape index (κ3) is 3.66. The Hall–Kier alpha value is -1.18. The van der Waals surface area contributed by atoms with Crippen LogP contribution < -0.4 is 0 Å². The van der Waals surface area contributed by atoms with Gasteiger partial charge in [-0.1, -0.05) is 60.2 Å². The molecule has 0 nitrogen and oxygen atoms in total. The van der Waals surface area contributed by atoms with E-state index in [4.69, 9.17) is 11.6 Å². The second-order valence-corrected chi connectivity index (χ2v) is 5.47. The predicted molar refractivity (Wildman–Crippen MR) is 82.4 cm³/mol. The van der Waals surface area contributed by atoms with E-state index in [2.05, 4.69) is 36.4 Å². The zero-order valence-electron chi connectivity index (χ0n) is 10.3. The topological polar surface area (TPSA) is 0 Å². The first kappa shape index (κ1) is 13.3. The van der Waals surface area contributed by atoms with Crippen LogP contribution in [0.15, 0.2) is 59.5 Å². The Balaban J connectivity index is 0.000000138. The van der Waals surface area contributed by atoms with Gasteiger partial charge in [0.25, 0.3) is 0 Å². The zero-order valence-corrected chi connectivity index (χ0v) is 11.8. The minimum absolute atomic E-state index is 0.840. The van der Waals surface area contributed by atoms with Crippen LogP contribution in [0.2, 0.25) is 5.02 Å². The van der Waals surface area contributed by atoms with Crippen molar-refractivity contribution in [1.82, 2.24) is 0 Å². The van der Waals surface area contributed by atoms with Crippen LogP contribution >= 0.6 is 23.4 Å². The van der Waals surface area contributed by atoms with Crippen molar-refractivity contribution >= 4 is 29.4 Å². The molecule has 0 spiro atoms. The fourth-order valence-electron chi connectivity index (χ4n) is 1.61. The van der Waals surface area contributed by atoms with Gasteiger partial charge >= 0.3 is 0 Å². The lowest BCUT2D eigenvalue weighted by Gasteiger charge is -2.07. The molecule has 0 bridgehead atoms. The molecule has 0 saturated carbocycles. The van der Waals surface area contributed by atoms with Crippen LogP contribution in [-0.4, -0.2) is 5.75 Å². The molecule has 92 valence electrons. The van der Waals surface area contributed by atoms with Gasteiger partial charge in [0, 0.05) is 15.7 Å². The molecule has 2 aromatic carbocycles. The van der Waals surface area contributed by atoms with Crippen LogP contribution in [0, 0.1) is 6.92 Å². The standard InChI is InChI=1S/C9H8S.C7H7Cl/c1-2-6-9-8(4-1)5-3-7-10-9;1-6-4-2-3-5-7(6)8/h1-6H,7H2;2-5H,1H3. The summed E-state index contributed by atoms with van der Waals surface area (Å²) < 4.78 is 0. The highest BCUT2D eigenvalue weighted by atomic mass is 35.5. The smallest absolute Gasteiger partial charge is 0.0435 e. The van der Waals surface area contributed by atoms with Gasteiger partial charge in [-0.15, -0.1) is 11.8 Å². The van der Waals surface area contributed by atoms with E-state index in [-0.39, 0.29) is 0 Å². The van der Waals surface area contributed by atoms with Gasteiger partial charge in [-0.2, -0.15) is 0 Å². The number of halogens is 1. The first-order chi connectivity index (χ1) is 8.77. The SMILES string of the molecule is C1=Cc2ccccc2SC1.Cc1ccccc1Cl. The molecule has 2 heteroatoms. The number of benzene rings is 2. The molecule has 0 unspecified atom stereocenters. The van der Waals surface area contributed by atoms with E-state index in [0.29, 0.717) is 0 Å². The lowest BCUT2D eigenvalue weighted by Crippen LogP contribution is -1.84.